The van der Waals surface area contributed by atoms with E-state index in [0.717, 1.165) is 31.2 Å². The molecule has 1 amide bonds. The van der Waals surface area contributed by atoms with Crippen LogP contribution in [0.2, 0.25) is 0 Å². The Morgan fingerprint density at radius 1 is 1.20 bits per heavy atom. The maximum Gasteiger partial charge on any atom is 0.246 e. The lowest BCUT2D eigenvalue weighted by molar-refractivity contribution is -0.128. The Morgan fingerprint density at radius 2 is 1.90 bits per heavy atom. The van der Waals surface area contributed by atoms with Crippen LogP contribution in [0.15, 0.2) is 30.3 Å². The van der Waals surface area contributed by atoms with E-state index in [0.29, 0.717) is 12.5 Å². The molecule has 0 radical (unpaired) electrons. The Labute approximate surface area is 120 Å². The van der Waals surface area contributed by atoms with Crippen molar-refractivity contribution in [2.24, 2.45) is 5.92 Å². The Balaban J connectivity index is 1.61. The van der Waals surface area contributed by atoms with Gasteiger partial charge in [-0.25, -0.2) is 0 Å². The number of carbonyl (C=O) groups is 1. The number of nitrogens with one attached hydrogen (secondary N) is 1. The normalized spacial score (nSPS) is 22.4. The largest absolute Gasteiger partial charge is 0.396 e. The molecule has 0 saturated heterocycles. The minimum Gasteiger partial charge on any atom is -0.396 e. The number of aliphatic hydroxyl groups excluding tert-OH is 1. The summed E-state index contributed by atoms with van der Waals surface area (Å²) in [7, 11) is 0. The summed E-state index contributed by atoms with van der Waals surface area (Å²) in [5, 5.41) is 11.9. The van der Waals surface area contributed by atoms with E-state index in [1.807, 2.05) is 30.3 Å². The molecule has 0 aliphatic heterocycles. The van der Waals surface area contributed by atoms with E-state index in [2.05, 4.69) is 5.32 Å². The van der Waals surface area contributed by atoms with E-state index in [1.165, 1.54) is 0 Å². The van der Waals surface area contributed by atoms with Gasteiger partial charge in [-0.1, -0.05) is 30.3 Å². The second-order valence-electron chi connectivity index (χ2n) is 5.40. The van der Waals surface area contributed by atoms with Gasteiger partial charge in [0, 0.05) is 13.2 Å². The molecule has 4 heteroatoms. The second kappa shape index (κ2) is 8.02. The predicted molar refractivity (Wildman–Crippen MR) is 77.1 cm³/mol. The molecule has 1 aromatic rings. The molecule has 1 saturated carbocycles. The fraction of sp³-hybridized carbons (Fsp3) is 0.562. The molecular formula is C16H23NO3. The van der Waals surface area contributed by atoms with Gasteiger partial charge in [0.2, 0.25) is 5.91 Å². The Kier molecular flexibility index (Phi) is 6.02. The van der Waals surface area contributed by atoms with Gasteiger partial charge in [-0.15, -0.1) is 0 Å². The molecule has 2 N–H and O–H groups in total. The summed E-state index contributed by atoms with van der Waals surface area (Å²) >= 11 is 0. The summed E-state index contributed by atoms with van der Waals surface area (Å²) in [5.41, 5.74) is 1.09. The van der Waals surface area contributed by atoms with Gasteiger partial charge >= 0.3 is 0 Å². The smallest absolute Gasteiger partial charge is 0.246 e. The number of benzene rings is 1. The van der Waals surface area contributed by atoms with E-state index in [1.54, 1.807) is 0 Å². The third kappa shape index (κ3) is 4.94. The standard InChI is InChI=1S/C16H23NO3/c18-11-14-6-8-15(9-7-14)20-12-16(19)17-10-13-4-2-1-3-5-13/h1-5,14-15,18H,6-12H2,(H,17,19). The van der Waals surface area contributed by atoms with E-state index in [-0.39, 0.29) is 25.2 Å². The lowest BCUT2D eigenvalue weighted by Crippen LogP contribution is -2.31. The first-order valence-corrected chi connectivity index (χ1v) is 7.31. The Morgan fingerprint density at radius 3 is 2.55 bits per heavy atom. The lowest BCUT2D eigenvalue weighted by atomic mass is 9.88. The van der Waals surface area contributed by atoms with Crippen molar-refractivity contribution >= 4 is 5.91 Å². The fourth-order valence-corrected chi connectivity index (χ4v) is 2.52. The molecule has 20 heavy (non-hydrogen) atoms. The van der Waals surface area contributed by atoms with Gasteiger partial charge in [0.25, 0.3) is 0 Å². The van der Waals surface area contributed by atoms with Crippen molar-refractivity contribution in [3.05, 3.63) is 35.9 Å². The van der Waals surface area contributed by atoms with Crippen LogP contribution in [0.4, 0.5) is 0 Å². The highest BCUT2D eigenvalue weighted by molar-refractivity contribution is 5.77. The second-order valence-corrected chi connectivity index (χ2v) is 5.40. The molecule has 1 aliphatic carbocycles. The van der Waals surface area contributed by atoms with Crippen molar-refractivity contribution in [3.63, 3.8) is 0 Å². The van der Waals surface area contributed by atoms with Gasteiger partial charge in [-0.2, -0.15) is 0 Å². The average Bonchev–Trinajstić information content (AvgIpc) is 2.52. The summed E-state index contributed by atoms with van der Waals surface area (Å²) < 4.78 is 5.63. The van der Waals surface area contributed by atoms with Gasteiger partial charge in [0.15, 0.2) is 0 Å². The van der Waals surface area contributed by atoms with Crippen LogP contribution in [0.25, 0.3) is 0 Å². The van der Waals surface area contributed by atoms with E-state index in [4.69, 9.17) is 9.84 Å². The lowest BCUT2D eigenvalue weighted by Gasteiger charge is -2.27. The van der Waals surface area contributed by atoms with E-state index in [9.17, 15) is 4.79 Å². The quantitative estimate of drug-likeness (QED) is 0.834. The molecule has 0 unspecified atom stereocenters. The first-order chi connectivity index (χ1) is 9.78. The van der Waals surface area contributed by atoms with Crippen LogP contribution in [0, 0.1) is 5.92 Å². The molecule has 0 bridgehead atoms. The van der Waals surface area contributed by atoms with Crippen LogP contribution in [0.5, 0.6) is 0 Å². The predicted octanol–water partition coefficient (Wildman–Crippen LogP) is 1.87. The van der Waals surface area contributed by atoms with Gasteiger partial charge in [-0.3, -0.25) is 4.79 Å². The van der Waals surface area contributed by atoms with Crippen LogP contribution in [-0.2, 0) is 16.1 Å². The van der Waals surface area contributed by atoms with Crippen molar-refractivity contribution in [2.75, 3.05) is 13.2 Å². The average molecular weight is 277 g/mol. The minimum absolute atomic E-state index is 0.0712. The highest BCUT2D eigenvalue weighted by Crippen LogP contribution is 2.25. The number of carbonyl (C=O) groups excluding carboxylic acids is 1. The summed E-state index contributed by atoms with van der Waals surface area (Å²) in [4.78, 5) is 11.7. The molecular weight excluding hydrogens is 254 g/mol. The summed E-state index contributed by atoms with van der Waals surface area (Å²) in [6, 6.07) is 9.83. The van der Waals surface area contributed by atoms with Crippen LogP contribution in [-0.4, -0.2) is 30.3 Å². The molecule has 0 spiro atoms. The molecule has 0 aromatic heterocycles. The zero-order valence-corrected chi connectivity index (χ0v) is 11.8. The zero-order chi connectivity index (χ0) is 14.2. The summed E-state index contributed by atoms with van der Waals surface area (Å²) in [6.07, 6.45) is 4.04. The molecule has 2 rings (SSSR count). The monoisotopic (exact) mass is 277 g/mol. The van der Waals surface area contributed by atoms with Gasteiger partial charge in [-0.05, 0) is 37.2 Å². The third-order valence-electron chi connectivity index (χ3n) is 3.83. The summed E-state index contributed by atoms with van der Waals surface area (Å²) in [5.74, 6) is 0.347. The number of hydrogen-bond acceptors (Lipinski definition) is 3. The molecule has 4 nitrogen and oxygen atoms in total. The summed E-state index contributed by atoms with van der Waals surface area (Å²) in [6.45, 7) is 0.936. The maximum absolute atomic E-state index is 11.7. The first kappa shape index (κ1) is 15.0. The first-order valence-electron chi connectivity index (χ1n) is 7.31. The van der Waals surface area contributed by atoms with Gasteiger partial charge < -0.3 is 15.2 Å². The SMILES string of the molecule is O=C(COC1CCC(CO)CC1)NCc1ccccc1. The molecule has 1 fully saturated rings. The molecule has 1 aromatic carbocycles. The Bertz CT molecular complexity index is 399. The van der Waals surface area contributed by atoms with Crippen LogP contribution in [0.3, 0.4) is 0 Å². The van der Waals surface area contributed by atoms with E-state index < -0.39 is 0 Å². The number of ether oxygens (including phenoxy) is 1. The molecule has 0 atom stereocenters. The highest BCUT2D eigenvalue weighted by atomic mass is 16.5. The van der Waals surface area contributed by atoms with Crippen LogP contribution in [0.1, 0.15) is 31.2 Å². The van der Waals surface area contributed by atoms with Crippen molar-refractivity contribution in [1.29, 1.82) is 0 Å². The highest BCUT2D eigenvalue weighted by Gasteiger charge is 2.21. The van der Waals surface area contributed by atoms with Crippen molar-refractivity contribution in [3.8, 4) is 0 Å². The molecule has 1 aliphatic rings. The van der Waals surface area contributed by atoms with Crippen LogP contribution < -0.4 is 5.32 Å². The van der Waals surface area contributed by atoms with Gasteiger partial charge in [0.1, 0.15) is 6.61 Å². The topological polar surface area (TPSA) is 58.6 Å². The van der Waals surface area contributed by atoms with Gasteiger partial charge in [0.05, 0.1) is 6.10 Å². The van der Waals surface area contributed by atoms with Crippen LogP contribution >= 0.6 is 0 Å². The maximum atomic E-state index is 11.7. The third-order valence-corrected chi connectivity index (χ3v) is 3.83. The van der Waals surface area contributed by atoms with Crippen molar-refractivity contribution in [2.45, 2.75) is 38.3 Å². The number of aliphatic hydroxyl groups is 1. The molecule has 0 heterocycles. The van der Waals surface area contributed by atoms with E-state index >= 15 is 0 Å². The fourth-order valence-electron chi connectivity index (χ4n) is 2.52. The van der Waals surface area contributed by atoms with Crippen molar-refractivity contribution in [1.82, 2.24) is 5.32 Å². The molecule has 110 valence electrons. The zero-order valence-electron chi connectivity index (χ0n) is 11.8. The van der Waals surface area contributed by atoms with Crippen molar-refractivity contribution < 1.29 is 14.6 Å². The number of amides is 1. The minimum atomic E-state index is -0.0712. The number of hydrogen-bond donors (Lipinski definition) is 2. The number of rotatable bonds is 6. The Hall–Kier alpha value is -1.39.